The molecule has 2 rings (SSSR count). The lowest BCUT2D eigenvalue weighted by Crippen LogP contribution is -2.61. The lowest BCUT2D eigenvalue weighted by molar-refractivity contribution is -0.134. The molecule has 0 aromatic rings. The molecule has 2 heterocycles. The van der Waals surface area contributed by atoms with Gasteiger partial charge in [0.05, 0.1) is 18.1 Å². The van der Waals surface area contributed by atoms with Crippen LogP contribution in [-0.2, 0) is 9.59 Å². The summed E-state index contributed by atoms with van der Waals surface area (Å²) in [4.78, 5) is 27.3. The molecule has 0 bridgehead atoms. The van der Waals surface area contributed by atoms with Crippen molar-refractivity contribution in [2.45, 2.75) is 91.0 Å². The summed E-state index contributed by atoms with van der Waals surface area (Å²) in [6.45, 7) is 14.5. The van der Waals surface area contributed by atoms with E-state index >= 15 is 0 Å². The highest BCUT2D eigenvalue weighted by Gasteiger charge is 2.61. The molecule has 132 valence electrons. The molecule has 5 nitrogen and oxygen atoms in total. The first-order valence-electron chi connectivity index (χ1n) is 8.91. The molecule has 1 unspecified atom stereocenters. The van der Waals surface area contributed by atoms with Gasteiger partial charge in [0.15, 0.2) is 0 Å². The number of hydrogen-bond donors (Lipinski definition) is 2. The topological polar surface area (TPSA) is 61.2 Å². The van der Waals surface area contributed by atoms with Gasteiger partial charge < -0.3 is 10.2 Å². The molecule has 2 saturated heterocycles. The fraction of sp³-hybridized carbons (Fsp3) is 0.889. The number of fused-ring (bicyclic) bond motifs is 1. The number of rotatable bonds is 5. The average molecular weight is 323 g/mol. The van der Waals surface area contributed by atoms with Crippen molar-refractivity contribution in [1.82, 2.24) is 15.5 Å². The molecule has 0 aromatic heterocycles. The third-order valence-electron chi connectivity index (χ3n) is 4.46. The number of piperazine rings is 1. The third kappa shape index (κ3) is 4.25. The summed E-state index contributed by atoms with van der Waals surface area (Å²) in [6.07, 6.45) is 1.74. The van der Waals surface area contributed by atoms with Crippen LogP contribution < -0.4 is 10.6 Å². The van der Waals surface area contributed by atoms with Gasteiger partial charge in [-0.15, -0.1) is 0 Å². The largest absolute Gasteiger partial charge is 0.350 e. The van der Waals surface area contributed by atoms with Crippen molar-refractivity contribution in [1.29, 1.82) is 0 Å². The Morgan fingerprint density at radius 1 is 1.17 bits per heavy atom. The zero-order chi connectivity index (χ0) is 17.5. The smallest absolute Gasteiger partial charge is 0.240 e. The highest BCUT2D eigenvalue weighted by molar-refractivity contribution is 5.92. The van der Waals surface area contributed by atoms with Crippen LogP contribution in [0.2, 0.25) is 0 Å². The van der Waals surface area contributed by atoms with E-state index in [1.165, 1.54) is 0 Å². The summed E-state index contributed by atoms with van der Waals surface area (Å²) in [5.41, 5.74) is -0.263. The quantitative estimate of drug-likeness (QED) is 0.760. The van der Waals surface area contributed by atoms with Gasteiger partial charge in [-0.05, 0) is 45.4 Å². The van der Waals surface area contributed by atoms with Gasteiger partial charge in [-0.1, -0.05) is 27.7 Å². The van der Waals surface area contributed by atoms with E-state index in [0.29, 0.717) is 11.8 Å². The van der Waals surface area contributed by atoms with E-state index in [4.69, 9.17) is 0 Å². The predicted octanol–water partition coefficient (Wildman–Crippen LogP) is 1.91. The monoisotopic (exact) mass is 323 g/mol. The van der Waals surface area contributed by atoms with Crippen molar-refractivity contribution in [3.05, 3.63) is 0 Å². The van der Waals surface area contributed by atoms with Crippen LogP contribution in [0.25, 0.3) is 0 Å². The molecule has 2 aliphatic heterocycles. The number of hydrogen-bond acceptors (Lipinski definition) is 3. The Bertz CT molecular complexity index is 467. The van der Waals surface area contributed by atoms with Gasteiger partial charge in [0.1, 0.15) is 6.04 Å². The molecule has 0 spiro atoms. The molecule has 0 aliphatic carbocycles. The maximum absolute atomic E-state index is 12.7. The summed E-state index contributed by atoms with van der Waals surface area (Å²) >= 11 is 0. The second-order valence-corrected chi connectivity index (χ2v) is 9.00. The Morgan fingerprint density at radius 3 is 2.22 bits per heavy atom. The Balaban J connectivity index is 2.15. The summed E-state index contributed by atoms with van der Waals surface area (Å²) in [5.74, 6) is 1.13. The summed E-state index contributed by atoms with van der Waals surface area (Å²) in [6, 6.07) is -0.294. The second kappa shape index (κ2) is 6.42. The van der Waals surface area contributed by atoms with Gasteiger partial charge in [0, 0.05) is 5.54 Å². The molecule has 5 heteroatoms. The fourth-order valence-corrected chi connectivity index (χ4v) is 3.61. The Hall–Kier alpha value is -1.10. The normalized spacial score (nSPS) is 30.7. The molecule has 23 heavy (non-hydrogen) atoms. The second-order valence-electron chi connectivity index (χ2n) is 9.00. The lowest BCUT2D eigenvalue weighted by atomic mass is 9.97. The van der Waals surface area contributed by atoms with Gasteiger partial charge in [0.2, 0.25) is 11.8 Å². The predicted molar refractivity (Wildman–Crippen MR) is 91.9 cm³/mol. The fourth-order valence-electron chi connectivity index (χ4n) is 3.61. The van der Waals surface area contributed by atoms with Gasteiger partial charge in [0.25, 0.3) is 0 Å². The van der Waals surface area contributed by atoms with Crippen LogP contribution in [0, 0.1) is 11.8 Å². The highest BCUT2D eigenvalue weighted by atomic mass is 16.2. The Kier molecular flexibility index (Phi) is 5.09. The molecule has 0 aromatic carbocycles. The first kappa shape index (κ1) is 18.2. The van der Waals surface area contributed by atoms with Crippen molar-refractivity contribution in [2.75, 3.05) is 0 Å². The molecular formula is C18H33N3O2. The molecule has 2 aliphatic rings. The van der Waals surface area contributed by atoms with Crippen LogP contribution in [-0.4, -0.2) is 46.4 Å². The number of nitrogens with zero attached hydrogens (tertiary/aromatic N) is 1. The summed E-state index contributed by atoms with van der Waals surface area (Å²) < 4.78 is 0. The molecule has 2 amide bonds. The van der Waals surface area contributed by atoms with Crippen molar-refractivity contribution >= 4 is 11.8 Å². The average Bonchev–Trinajstić information content (AvgIpc) is 3.03. The van der Waals surface area contributed by atoms with Crippen molar-refractivity contribution in [3.8, 4) is 0 Å². The zero-order valence-electron chi connectivity index (χ0n) is 15.6. The van der Waals surface area contributed by atoms with Gasteiger partial charge in [-0.3, -0.25) is 14.9 Å². The minimum absolute atomic E-state index is 0.0139. The van der Waals surface area contributed by atoms with E-state index in [-0.39, 0.29) is 41.5 Å². The number of carbonyl (C=O) groups excluding carboxylic acids is 2. The highest BCUT2D eigenvalue weighted by Crippen LogP contribution is 2.40. The van der Waals surface area contributed by atoms with E-state index in [0.717, 1.165) is 12.8 Å². The number of amides is 2. The van der Waals surface area contributed by atoms with Crippen molar-refractivity contribution in [3.63, 3.8) is 0 Å². The number of nitrogens with one attached hydrogen (secondary N) is 2. The molecule has 0 saturated carbocycles. The minimum Gasteiger partial charge on any atom is -0.350 e. The van der Waals surface area contributed by atoms with Crippen molar-refractivity contribution in [2.24, 2.45) is 11.8 Å². The van der Waals surface area contributed by atoms with Gasteiger partial charge in [-0.25, -0.2) is 0 Å². The molecule has 0 radical (unpaired) electrons. The van der Waals surface area contributed by atoms with E-state index in [2.05, 4.69) is 38.3 Å². The summed E-state index contributed by atoms with van der Waals surface area (Å²) in [7, 11) is 0. The van der Waals surface area contributed by atoms with Crippen LogP contribution in [0.15, 0.2) is 0 Å². The minimum atomic E-state index is -0.292. The SMILES string of the molecule is CC(C)C[C@@H]1NC(C(=O)NC(C)(C)C)[C@@H]2[C@H](CC(C)C)N2C1=O. The maximum Gasteiger partial charge on any atom is 0.240 e. The Morgan fingerprint density at radius 2 is 1.74 bits per heavy atom. The van der Waals surface area contributed by atoms with Crippen molar-refractivity contribution < 1.29 is 9.59 Å². The third-order valence-corrected chi connectivity index (χ3v) is 4.46. The van der Waals surface area contributed by atoms with E-state index in [1.807, 2.05) is 25.7 Å². The maximum atomic E-state index is 12.7. The first-order chi connectivity index (χ1) is 10.5. The standard InChI is InChI=1S/C18H33N3O2/c1-10(2)8-12-17(23)21-13(9-11(3)4)15(21)14(19-12)16(22)20-18(5,6)7/h10-15,19H,8-9H2,1-7H3,(H,20,22)/t12-,13-,14?,15-,21?/m0/s1. The van der Waals surface area contributed by atoms with Gasteiger partial charge >= 0.3 is 0 Å². The molecule has 2 fully saturated rings. The molecule has 2 N–H and O–H groups in total. The van der Waals surface area contributed by atoms with Crippen LogP contribution >= 0.6 is 0 Å². The molecular weight excluding hydrogens is 290 g/mol. The first-order valence-corrected chi connectivity index (χ1v) is 8.91. The Labute approximate surface area is 140 Å². The van der Waals surface area contributed by atoms with E-state index in [9.17, 15) is 9.59 Å². The van der Waals surface area contributed by atoms with Gasteiger partial charge in [-0.2, -0.15) is 0 Å². The lowest BCUT2D eigenvalue weighted by Gasteiger charge is -2.32. The van der Waals surface area contributed by atoms with Crippen LogP contribution in [0.4, 0.5) is 0 Å². The number of carbonyl (C=O) groups is 2. The van der Waals surface area contributed by atoms with Crippen LogP contribution in [0.3, 0.4) is 0 Å². The van der Waals surface area contributed by atoms with E-state index in [1.54, 1.807) is 0 Å². The van der Waals surface area contributed by atoms with E-state index < -0.39 is 0 Å². The molecule has 4 atom stereocenters. The van der Waals surface area contributed by atoms with Crippen LogP contribution in [0.5, 0.6) is 0 Å². The summed E-state index contributed by atoms with van der Waals surface area (Å²) in [5, 5.41) is 6.42. The zero-order valence-corrected chi connectivity index (χ0v) is 15.6. The van der Waals surface area contributed by atoms with Crippen LogP contribution in [0.1, 0.15) is 61.3 Å².